The Balaban J connectivity index is 1.69. The van der Waals surface area contributed by atoms with Gasteiger partial charge in [-0.3, -0.25) is 0 Å². The van der Waals surface area contributed by atoms with Crippen molar-refractivity contribution in [1.82, 2.24) is 9.97 Å². The molecule has 1 heterocycles. The molecule has 2 aromatic rings. The number of benzene rings is 1. The lowest BCUT2D eigenvalue weighted by Gasteiger charge is -2.06. The molecule has 0 radical (unpaired) electrons. The molecule has 0 saturated carbocycles. The van der Waals surface area contributed by atoms with Gasteiger partial charge in [0.05, 0.1) is 7.11 Å². The average molecular weight is 286 g/mol. The summed E-state index contributed by atoms with van der Waals surface area (Å²) in [5, 5.41) is 0. The lowest BCUT2D eigenvalue weighted by atomic mass is 10.0. The van der Waals surface area contributed by atoms with Crippen molar-refractivity contribution >= 4 is 11.8 Å². The van der Waals surface area contributed by atoms with Gasteiger partial charge in [0.15, 0.2) is 0 Å². The highest BCUT2D eigenvalue weighted by Crippen LogP contribution is 2.15. The van der Waals surface area contributed by atoms with Gasteiger partial charge in [-0.25, -0.2) is 4.98 Å². The predicted octanol–water partition coefficient (Wildman–Crippen LogP) is 2.61. The number of nitrogens with two attached hydrogens (primary N) is 2. The molecule has 5 nitrogen and oxygen atoms in total. The smallest absolute Gasteiger partial charge is 0.221 e. The highest BCUT2D eigenvalue weighted by molar-refractivity contribution is 5.41. The summed E-state index contributed by atoms with van der Waals surface area (Å²) >= 11 is 0. The zero-order valence-electron chi connectivity index (χ0n) is 12.4. The fourth-order valence-corrected chi connectivity index (χ4v) is 2.24. The molecule has 0 aliphatic carbocycles. The molecule has 0 unspecified atom stereocenters. The summed E-state index contributed by atoms with van der Waals surface area (Å²) in [6.07, 6.45) is 7.08. The van der Waals surface area contributed by atoms with Gasteiger partial charge in [-0.15, -0.1) is 0 Å². The van der Waals surface area contributed by atoms with Crippen molar-refractivity contribution in [2.75, 3.05) is 18.6 Å². The molecule has 4 N–H and O–H groups in total. The van der Waals surface area contributed by atoms with Crippen molar-refractivity contribution in [3.05, 3.63) is 41.6 Å². The van der Waals surface area contributed by atoms with E-state index in [-0.39, 0.29) is 5.95 Å². The van der Waals surface area contributed by atoms with Gasteiger partial charge in [0, 0.05) is 11.8 Å². The van der Waals surface area contributed by atoms with Crippen LogP contribution in [0.2, 0.25) is 0 Å². The molecule has 0 aliphatic rings. The summed E-state index contributed by atoms with van der Waals surface area (Å²) in [5.41, 5.74) is 13.6. The molecule has 21 heavy (non-hydrogen) atoms. The Kier molecular flexibility index (Phi) is 5.37. The van der Waals surface area contributed by atoms with Crippen molar-refractivity contribution in [2.24, 2.45) is 0 Å². The minimum atomic E-state index is 0.232. The van der Waals surface area contributed by atoms with Gasteiger partial charge in [0.1, 0.15) is 11.6 Å². The van der Waals surface area contributed by atoms with E-state index in [4.69, 9.17) is 16.2 Å². The number of unbranched alkanes of at least 4 members (excludes halogenated alkanes) is 2. The zero-order chi connectivity index (χ0) is 15.1. The summed E-state index contributed by atoms with van der Waals surface area (Å²) in [6, 6.07) is 8.23. The SMILES string of the molecule is COc1ccc(CCCCCc2cnc(N)nc2N)cc1. The van der Waals surface area contributed by atoms with Crippen LogP contribution in [0.4, 0.5) is 11.8 Å². The fourth-order valence-electron chi connectivity index (χ4n) is 2.24. The molecular weight excluding hydrogens is 264 g/mol. The Bertz CT molecular complexity index is 569. The quantitative estimate of drug-likeness (QED) is 0.764. The molecule has 0 amide bonds. The Morgan fingerprint density at radius 2 is 1.71 bits per heavy atom. The van der Waals surface area contributed by atoms with Crippen molar-refractivity contribution in [3.63, 3.8) is 0 Å². The fraction of sp³-hybridized carbons (Fsp3) is 0.375. The predicted molar refractivity (Wildman–Crippen MR) is 85.1 cm³/mol. The van der Waals surface area contributed by atoms with Crippen LogP contribution in [0.5, 0.6) is 5.75 Å². The second-order valence-electron chi connectivity index (χ2n) is 5.05. The molecule has 0 saturated heterocycles. The second kappa shape index (κ2) is 7.47. The number of aromatic nitrogens is 2. The summed E-state index contributed by atoms with van der Waals surface area (Å²) in [4.78, 5) is 7.95. The highest BCUT2D eigenvalue weighted by Gasteiger charge is 2.02. The number of hydrogen-bond donors (Lipinski definition) is 2. The van der Waals surface area contributed by atoms with Crippen LogP contribution in [0.25, 0.3) is 0 Å². The Hall–Kier alpha value is -2.30. The molecule has 0 bridgehead atoms. The van der Waals surface area contributed by atoms with Crippen molar-refractivity contribution in [3.8, 4) is 5.75 Å². The first-order valence-corrected chi connectivity index (χ1v) is 7.19. The molecule has 5 heteroatoms. The highest BCUT2D eigenvalue weighted by atomic mass is 16.5. The molecule has 1 aromatic heterocycles. The van der Waals surface area contributed by atoms with E-state index in [0.29, 0.717) is 5.82 Å². The number of nitrogen functional groups attached to an aromatic ring is 2. The van der Waals surface area contributed by atoms with Crippen LogP contribution in [0.1, 0.15) is 30.4 Å². The molecule has 112 valence electrons. The Morgan fingerprint density at radius 3 is 2.38 bits per heavy atom. The monoisotopic (exact) mass is 286 g/mol. The van der Waals surface area contributed by atoms with Crippen molar-refractivity contribution in [1.29, 1.82) is 0 Å². The van der Waals surface area contributed by atoms with E-state index >= 15 is 0 Å². The summed E-state index contributed by atoms with van der Waals surface area (Å²) in [7, 11) is 1.68. The van der Waals surface area contributed by atoms with Crippen molar-refractivity contribution in [2.45, 2.75) is 32.1 Å². The molecule has 0 fully saturated rings. The van der Waals surface area contributed by atoms with Crippen LogP contribution in [-0.2, 0) is 12.8 Å². The van der Waals surface area contributed by atoms with E-state index in [1.165, 1.54) is 5.56 Å². The molecule has 1 aromatic carbocycles. The topological polar surface area (TPSA) is 87.0 Å². The first-order valence-electron chi connectivity index (χ1n) is 7.19. The maximum Gasteiger partial charge on any atom is 0.221 e. The second-order valence-corrected chi connectivity index (χ2v) is 5.05. The van der Waals surface area contributed by atoms with E-state index in [9.17, 15) is 0 Å². The lowest BCUT2D eigenvalue weighted by molar-refractivity contribution is 0.414. The lowest BCUT2D eigenvalue weighted by Crippen LogP contribution is -2.03. The van der Waals surface area contributed by atoms with Gasteiger partial charge in [-0.1, -0.05) is 18.6 Å². The van der Waals surface area contributed by atoms with Crippen molar-refractivity contribution < 1.29 is 4.74 Å². The van der Waals surface area contributed by atoms with E-state index in [0.717, 1.165) is 43.4 Å². The maximum absolute atomic E-state index is 5.81. The standard InChI is InChI=1S/C16H22N4O/c1-21-14-9-7-12(8-10-14)5-3-2-4-6-13-11-19-16(18)20-15(13)17/h7-11H,2-6H2,1H3,(H4,17,18,19,20). The number of methoxy groups -OCH3 is 1. The van der Waals surface area contributed by atoms with E-state index in [1.54, 1.807) is 13.3 Å². The van der Waals surface area contributed by atoms with E-state index in [1.807, 2.05) is 12.1 Å². The van der Waals surface area contributed by atoms with Crippen LogP contribution in [0.3, 0.4) is 0 Å². The van der Waals surface area contributed by atoms with Crippen LogP contribution >= 0.6 is 0 Å². The Morgan fingerprint density at radius 1 is 1.00 bits per heavy atom. The third-order valence-corrected chi connectivity index (χ3v) is 3.49. The molecule has 0 spiro atoms. The van der Waals surface area contributed by atoms with Crippen LogP contribution < -0.4 is 16.2 Å². The Labute approximate surface area is 125 Å². The first-order chi connectivity index (χ1) is 10.2. The third kappa shape index (κ3) is 4.63. The third-order valence-electron chi connectivity index (χ3n) is 3.49. The minimum absolute atomic E-state index is 0.232. The van der Waals surface area contributed by atoms with Crippen LogP contribution in [0, 0.1) is 0 Å². The van der Waals surface area contributed by atoms with Crippen LogP contribution in [0.15, 0.2) is 30.5 Å². The van der Waals surface area contributed by atoms with Gasteiger partial charge in [-0.05, 0) is 43.4 Å². The normalized spacial score (nSPS) is 10.5. The number of nitrogens with zero attached hydrogens (tertiary/aromatic N) is 2. The number of ether oxygens (including phenoxy) is 1. The maximum atomic E-state index is 5.81. The van der Waals surface area contributed by atoms with Gasteiger partial charge in [0.2, 0.25) is 5.95 Å². The molecule has 0 aliphatic heterocycles. The molecule has 0 atom stereocenters. The first kappa shape index (κ1) is 15.1. The number of rotatable bonds is 7. The van der Waals surface area contributed by atoms with Crippen LogP contribution in [-0.4, -0.2) is 17.1 Å². The van der Waals surface area contributed by atoms with E-state index < -0.39 is 0 Å². The van der Waals surface area contributed by atoms with Gasteiger partial charge in [-0.2, -0.15) is 4.98 Å². The minimum Gasteiger partial charge on any atom is -0.497 e. The van der Waals surface area contributed by atoms with Gasteiger partial charge >= 0.3 is 0 Å². The summed E-state index contributed by atoms with van der Waals surface area (Å²) in [5.74, 6) is 1.63. The molecular formula is C16H22N4O. The number of aryl methyl sites for hydroxylation is 2. The number of hydrogen-bond acceptors (Lipinski definition) is 5. The van der Waals surface area contributed by atoms with Gasteiger partial charge < -0.3 is 16.2 Å². The molecule has 2 rings (SSSR count). The van der Waals surface area contributed by atoms with E-state index in [2.05, 4.69) is 22.1 Å². The number of anilines is 2. The summed E-state index contributed by atoms with van der Waals surface area (Å²) < 4.78 is 5.15. The van der Waals surface area contributed by atoms with Gasteiger partial charge in [0.25, 0.3) is 0 Å². The average Bonchev–Trinajstić information content (AvgIpc) is 2.49. The summed E-state index contributed by atoms with van der Waals surface area (Å²) in [6.45, 7) is 0. The zero-order valence-corrected chi connectivity index (χ0v) is 12.4. The largest absolute Gasteiger partial charge is 0.497 e.